The third-order valence-corrected chi connectivity index (χ3v) is 4.00. The van der Waals surface area contributed by atoms with Crippen molar-refractivity contribution in [1.82, 2.24) is 10.2 Å². The minimum absolute atomic E-state index is 0.205. The number of hydrogen-bond donors (Lipinski definition) is 1. The molecule has 1 N–H and O–H groups in total. The fourth-order valence-corrected chi connectivity index (χ4v) is 3.08. The molecule has 16 heavy (non-hydrogen) atoms. The van der Waals surface area contributed by atoms with Crippen molar-refractivity contribution in [3.8, 4) is 0 Å². The number of nitrogens with one attached hydrogen (secondary N) is 1. The van der Waals surface area contributed by atoms with Gasteiger partial charge in [-0.25, -0.2) is 0 Å². The SMILES string of the molecule is O=C1CN(CCc2ccc(Br)s2)CC(=O)N1. The first kappa shape index (κ1) is 11.8. The van der Waals surface area contributed by atoms with E-state index in [4.69, 9.17) is 0 Å². The van der Waals surface area contributed by atoms with Gasteiger partial charge in [-0.2, -0.15) is 0 Å². The Morgan fingerprint density at radius 2 is 2.00 bits per heavy atom. The summed E-state index contributed by atoms with van der Waals surface area (Å²) < 4.78 is 1.11. The molecular weight excluding hydrogens is 292 g/mol. The summed E-state index contributed by atoms with van der Waals surface area (Å²) in [5, 5.41) is 2.29. The van der Waals surface area contributed by atoms with E-state index in [1.807, 2.05) is 11.0 Å². The number of hydrogen-bond acceptors (Lipinski definition) is 4. The maximum absolute atomic E-state index is 11.1. The number of thiophene rings is 1. The van der Waals surface area contributed by atoms with E-state index in [0.717, 1.165) is 16.8 Å². The lowest BCUT2D eigenvalue weighted by Gasteiger charge is -2.24. The molecule has 1 aliphatic heterocycles. The number of nitrogens with zero attached hydrogens (tertiary/aromatic N) is 1. The van der Waals surface area contributed by atoms with Crippen LogP contribution in [-0.4, -0.2) is 36.3 Å². The van der Waals surface area contributed by atoms with Crippen LogP contribution < -0.4 is 5.32 Å². The van der Waals surface area contributed by atoms with Crippen molar-refractivity contribution in [1.29, 1.82) is 0 Å². The Bertz CT molecular complexity index is 403. The molecule has 6 heteroatoms. The second-order valence-corrected chi connectivity index (χ2v) is 6.19. The van der Waals surface area contributed by atoms with Crippen molar-refractivity contribution >= 4 is 39.1 Å². The average molecular weight is 303 g/mol. The van der Waals surface area contributed by atoms with E-state index in [1.165, 1.54) is 4.88 Å². The monoisotopic (exact) mass is 302 g/mol. The fraction of sp³-hybridized carbons (Fsp3) is 0.400. The molecule has 1 saturated heterocycles. The van der Waals surface area contributed by atoms with Gasteiger partial charge in [0.15, 0.2) is 0 Å². The molecule has 2 amide bonds. The minimum Gasteiger partial charge on any atom is -0.294 e. The van der Waals surface area contributed by atoms with E-state index < -0.39 is 0 Å². The van der Waals surface area contributed by atoms with Gasteiger partial charge in [-0.1, -0.05) is 0 Å². The number of halogens is 1. The lowest BCUT2D eigenvalue weighted by Crippen LogP contribution is -2.51. The molecule has 1 fully saturated rings. The van der Waals surface area contributed by atoms with Crippen molar-refractivity contribution in [2.45, 2.75) is 6.42 Å². The molecule has 0 radical (unpaired) electrons. The Hall–Kier alpha value is -0.720. The molecular formula is C10H11BrN2O2S. The molecule has 2 rings (SSSR count). The van der Waals surface area contributed by atoms with Gasteiger partial charge in [-0.05, 0) is 34.5 Å². The number of imide groups is 1. The van der Waals surface area contributed by atoms with E-state index in [0.29, 0.717) is 13.1 Å². The Morgan fingerprint density at radius 1 is 1.31 bits per heavy atom. The highest BCUT2D eigenvalue weighted by molar-refractivity contribution is 9.11. The van der Waals surface area contributed by atoms with E-state index in [9.17, 15) is 9.59 Å². The lowest BCUT2D eigenvalue weighted by atomic mass is 10.3. The standard InChI is InChI=1S/C10H11BrN2O2S/c11-8-2-1-7(16-8)3-4-13-5-9(14)12-10(15)6-13/h1-2H,3-6H2,(H,12,14,15). The largest absolute Gasteiger partial charge is 0.294 e. The molecule has 4 nitrogen and oxygen atoms in total. The van der Waals surface area contributed by atoms with Crippen LogP contribution in [0.5, 0.6) is 0 Å². The number of rotatable bonds is 3. The van der Waals surface area contributed by atoms with Crippen molar-refractivity contribution in [3.63, 3.8) is 0 Å². The minimum atomic E-state index is -0.205. The maximum Gasteiger partial charge on any atom is 0.240 e. The normalized spacial score (nSPS) is 17.6. The molecule has 0 atom stereocenters. The van der Waals surface area contributed by atoms with Crippen LogP contribution >= 0.6 is 27.3 Å². The Balaban J connectivity index is 1.85. The number of amides is 2. The van der Waals surface area contributed by atoms with Crippen LogP contribution in [0.4, 0.5) is 0 Å². The summed E-state index contributed by atoms with van der Waals surface area (Å²) in [6.45, 7) is 1.38. The number of carbonyl (C=O) groups is 2. The van der Waals surface area contributed by atoms with Gasteiger partial charge in [0.25, 0.3) is 0 Å². The lowest BCUT2D eigenvalue weighted by molar-refractivity contribution is -0.135. The number of piperazine rings is 1. The third kappa shape index (κ3) is 3.13. The van der Waals surface area contributed by atoms with Crippen LogP contribution in [0.3, 0.4) is 0 Å². The molecule has 0 saturated carbocycles. The second kappa shape index (κ2) is 5.07. The summed E-state index contributed by atoms with van der Waals surface area (Å²) in [7, 11) is 0. The predicted molar refractivity (Wildman–Crippen MR) is 65.3 cm³/mol. The van der Waals surface area contributed by atoms with Gasteiger partial charge in [0.05, 0.1) is 16.9 Å². The van der Waals surface area contributed by atoms with Gasteiger partial charge in [0, 0.05) is 11.4 Å². The first-order valence-electron chi connectivity index (χ1n) is 4.93. The average Bonchev–Trinajstić information content (AvgIpc) is 2.60. The van der Waals surface area contributed by atoms with Gasteiger partial charge in [0.1, 0.15) is 0 Å². The summed E-state index contributed by atoms with van der Waals surface area (Å²) in [6.07, 6.45) is 0.872. The van der Waals surface area contributed by atoms with Crippen LogP contribution in [0.1, 0.15) is 4.88 Å². The van der Waals surface area contributed by atoms with Gasteiger partial charge in [-0.3, -0.25) is 19.8 Å². The Kier molecular flexibility index (Phi) is 3.73. The molecule has 0 aromatic carbocycles. The first-order chi connectivity index (χ1) is 7.63. The predicted octanol–water partition coefficient (Wildman–Crippen LogP) is 1.01. The summed E-state index contributed by atoms with van der Waals surface area (Å²) in [5.74, 6) is -0.410. The summed E-state index contributed by atoms with van der Waals surface area (Å²) in [6, 6.07) is 4.06. The van der Waals surface area contributed by atoms with Gasteiger partial charge >= 0.3 is 0 Å². The summed E-state index contributed by atoms with van der Waals surface area (Å²) in [4.78, 5) is 25.4. The zero-order valence-corrected chi connectivity index (χ0v) is 10.9. The Labute approximate surface area is 106 Å². The molecule has 0 aliphatic carbocycles. The van der Waals surface area contributed by atoms with E-state index >= 15 is 0 Å². The van der Waals surface area contributed by atoms with Crippen molar-refractivity contribution in [3.05, 3.63) is 20.8 Å². The smallest absolute Gasteiger partial charge is 0.240 e. The quantitative estimate of drug-likeness (QED) is 0.848. The highest BCUT2D eigenvalue weighted by Crippen LogP contribution is 2.22. The van der Waals surface area contributed by atoms with E-state index in [-0.39, 0.29) is 11.8 Å². The van der Waals surface area contributed by atoms with Crippen LogP contribution in [0.2, 0.25) is 0 Å². The van der Waals surface area contributed by atoms with Gasteiger partial charge in [0.2, 0.25) is 11.8 Å². The molecule has 1 aromatic heterocycles. The fourth-order valence-electron chi connectivity index (χ4n) is 1.61. The second-order valence-electron chi connectivity index (χ2n) is 3.64. The van der Waals surface area contributed by atoms with Crippen LogP contribution in [0.15, 0.2) is 15.9 Å². The molecule has 86 valence electrons. The van der Waals surface area contributed by atoms with Crippen LogP contribution in [0, 0.1) is 0 Å². The molecule has 2 heterocycles. The van der Waals surface area contributed by atoms with Crippen LogP contribution in [0.25, 0.3) is 0 Å². The molecule has 0 spiro atoms. The highest BCUT2D eigenvalue weighted by atomic mass is 79.9. The molecule has 0 bridgehead atoms. The zero-order chi connectivity index (χ0) is 11.5. The molecule has 1 aromatic rings. The number of carbonyl (C=O) groups excluding carboxylic acids is 2. The van der Waals surface area contributed by atoms with Crippen molar-refractivity contribution < 1.29 is 9.59 Å². The Morgan fingerprint density at radius 3 is 2.56 bits per heavy atom. The maximum atomic E-state index is 11.1. The summed E-state index contributed by atoms with van der Waals surface area (Å²) in [5.41, 5.74) is 0. The molecule has 0 unspecified atom stereocenters. The van der Waals surface area contributed by atoms with Gasteiger partial charge in [-0.15, -0.1) is 11.3 Å². The van der Waals surface area contributed by atoms with E-state index in [1.54, 1.807) is 11.3 Å². The van der Waals surface area contributed by atoms with Gasteiger partial charge < -0.3 is 0 Å². The highest BCUT2D eigenvalue weighted by Gasteiger charge is 2.21. The van der Waals surface area contributed by atoms with E-state index in [2.05, 4.69) is 27.3 Å². The van der Waals surface area contributed by atoms with Crippen molar-refractivity contribution in [2.75, 3.05) is 19.6 Å². The first-order valence-corrected chi connectivity index (χ1v) is 6.54. The van der Waals surface area contributed by atoms with Crippen molar-refractivity contribution in [2.24, 2.45) is 0 Å². The topological polar surface area (TPSA) is 49.4 Å². The molecule has 1 aliphatic rings. The van der Waals surface area contributed by atoms with Crippen LogP contribution in [-0.2, 0) is 16.0 Å². The zero-order valence-electron chi connectivity index (χ0n) is 8.53. The summed E-state index contributed by atoms with van der Waals surface area (Å²) >= 11 is 5.09. The third-order valence-electron chi connectivity index (χ3n) is 2.32.